The molecular formula is C25H26N2O7S. The summed E-state index contributed by atoms with van der Waals surface area (Å²) in [5, 5.41) is 2.68. The van der Waals surface area contributed by atoms with Gasteiger partial charge in [0, 0.05) is 17.7 Å². The largest absolute Gasteiger partial charge is 0.493 e. The third kappa shape index (κ3) is 5.72. The molecule has 184 valence electrons. The molecule has 0 fully saturated rings. The van der Waals surface area contributed by atoms with Crippen LogP contribution >= 0.6 is 0 Å². The number of sulfonamides is 1. The first-order valence-corrected chi connectivity index (χ1v) is 11.9. The Hall–Kier alpha value is -4.05. The number of ether oxygens (including phenoxy) is 3. The molecule has 0 spiro atoms. The van der Waals surface area contributed by atoms with Crippen molar-refractivity contribution in [3.8, 4) is 11.5 Å². The molecule has 0 unspecified atom stereocenters. The predicted molar refractivity (Wildman–Crippen MR) is 132 cm³/mol. The first kappa shape index (κ1) is 25.6. The summed E-state index contributed by atoms with van der Waals surface area (Å²) in [5.74, 6) is -0.573. The van der Waals surface area contributed by atoms with Crippen molar-refractivity contribution in [2.75, 3.05) is 31.4 Å². The van der Waals surface area contributed by atoms with Gasteiger partial charge in [-0.2, -0.15) is 0 Å². The van der Waals surface area contributed by atoms with E-state index in [2.05, 4.69) is 10.0 Å². The van der Waals surface area contributed by atoms with Crippen molar-refractivity contribution in [2.24, 2.45) is 0 Å². The standard InChI is InChI=1S/C25H26N2O7S/c1-15-6-9-18(10-7-15)35(30,31)27-20-11-8-17(12-16(20)2)24(28)26-21-14-23(33-4)22(32-3)13-19(21)25(29)34-5/h6-14,27H,1-5H3,(H,26,28). The highest BCUT2D eigenvalue weighted by Crippen LogP contribution is 2.34. The van der Waals surface area contributed by atoms with Gasteiger partial charge in [-0.3, -0.25) is 9.52 Å². The molecule has 0 aliphatic heterocycles. The van der Waals surface area contributed by atoms with Crippen LogP contribution in [0.4, 0.5) is 11.4 Å². The van der Waals surface area contributed by atoms with Crippen LogP contribution in [-0.4, -0.2) is 41.6 Å². The van der Waals surface area contributed by atoms with Gasteiger partial charge in [0.05, 0.1) is 43.2 Å². The highest BCUT2D eigenvalue weighted by Gasteiger charge is 2.21. The number of anilines is 2. The zero-order chi connectivity index (χ0) is 25.8. The van der Waals surface area contributed by atoms with E-state index in [4.69, 9.17) is 14.2 Å². The van der Waals surface area contributed by atoms with Crippen molar-refractivity contribution in [3.63, 3.8) is 0 Å². The lowest BCUT2D eigenvalue weighted by Crippen LogP contribution is -2.17. The minimum atomic E-state index is -3.79. The van der Waals surface area contributed by atoms with Gasteiger partial charge in [-0.25, -0.2) is 13.2 Å². The molecule has 3 rings (SSSR count). The second kappa shape index (κ2) is 10.5. The molecule has 0 atom stereocenters. The number of amides is 1. The summed E-state index contributed by atoms with van der Waals surface area (Å²) in [7, 11) is 0.289. The Morgan fingerprint density at radius 3 is 2.00 bits per heavy atom. The smallest absolute Gasteiger partial charge is 0.340 e. The van der Waals surface area contributed by atoms with Crippen molar-refractivity contribution in [2.45, 2.75) is 18.7 Å². The number of aryl methyl sites for hydroxylation is 2. The summed E-state index contributed by atoms with van der Waals surface area (Å²) in [5.41, 5.74) is 2.32. The average molecular weight is 499 g/mol. The highest BCUT2D eigenvalue weighted by atomic mass is 32.2. The van der Waals surface area contributed by atoms with Gasteiger partial charge in [-0.15, -0.1) is 0 Å². The summed E-state index contributed by atoms with van der Waals surface area (Å²) in [6.07, 6.45) is 0. The van der Waals surface area contributed by atoms with Crippen LogP contribution in [0.5, 0.6) is 11.5 Å². The van der Waals surface area contributed by atoms with E-state index in [9.17, 15) is 18.0 Å². The number of hydrogen-bond acceptors (Lipinski definition) is 7. The van der Waals surface area contributed by atoms with E-state index in [0.29, 0.717) is 22.7 Å². The maximum absolute atomic E-state index is 13.0. The van der Waals surface area contributed by atoms with Crippen LogP contribution in [0.2, 0.25) is 0 Å². The number of methoxy groups -OCH3 is 3. The van der Waals surface area contributed by atoms with Crippen molar-refractivity contribution in [1.82, 2.24) is 0 Å². The molecular weight excluding hydrogens is 472 g/mol. The van der Waals surface area contributed by atoms with Crippen LogP contribution in [0.25, 0.3) is 0 Å². The van der Waals surface area contributed by atoms with Crippen molar-refractivity contribution in [3.05, 3.63) is 76.9 Å². The topological polar surface area (TPSA) is 120 Å². The van der Waals surface area contributed by atoms with Gasteiger partial charge in [-0.1, -0.05) is 17.7 Å². The molecule has 35 heavy (non-hydrogen) atoms. The fourth-order valence-electron chi connectivity index (χ4n) is 3.30. The van der Waals surface area contributed by atoms with Gasteiger partial charge in [0.1, 0.15) is 0 Å². The third-order valence-corrected chi connectivity index (χ3v) is 6.62. The van der Waals surface area contributed by atoms with Crippen molar-refractivity contribution in [1.29, 1.82) is 0 Å². The Balaban J connectivity index is 1.87. The monoisotopic (exact) mass is 498 g/mol. The molecule has 9 nitrogen and oxygen atoms in total. The number of hydrogen-bond donors (Lipinski definition) is 2. The number of carbonyl (C=O) groups excluding carboxylic acids is 2. The molecule has 0 saturated carbocycles. The molecule has 2 N–H and O–H groups in total. The SMILES string of the molecule is COC(=O)c1cc(OC)c(OC)cc1NC(=O)c1ccc(NS(=O)(=O)c2ccc(C)cc2)c(C)c1. The van der Waals surface area contributed by atoms with Crippen LogP contribution in [0, 0.1) is 13.8 Å². The lowest BCUT2D eigenvalue weighted by molar-refractivity contribution is 0.0601. The Labute approximate surface area is 204 Å². The van der Waals surface area contributed by atoms with Gasteiger partial charge in [0.15, 0.2) is 11.5 Å². The number of benzene rings is 3. The molecule has 0 aliphatic rings. The number of carbonyl (C=O) groups is 2. The molecule has 0 bridgehead atoms. The van der Waals surface area contributed by atoms with Crippen molar-refractivity contribution >= 4 is 33.3 Å². The lowest BCUT2D eigenvalue weighted by Gasteiger charge is -2.15. The van der Waals surface area contributed by atoms with Crippen LogP contribution < -0.4 is 19.5 Å². The number of esters is 1. The van der Waals surface area contributed by atoms with Crippen LogP contribution in [0.1, 0.15) is 31.8 Å². The molecule has 3 aromatic rings. The van der Waals surface area contributed by atoms with Gasteiger partial charge >= 0.3 is 5.97 Å². The van der Waals surface area contributed by atoms with Crippen LogP contribution in [0.15, 0.2) is 59.5 Å². The predicted octanol–water partition coefficient (Wildman–Crippen LogP) is 4.16. The molecule has 3 aromatic carbocycles. The highest BCUT2D eigenvalue weighted by molar-refractivity contribution is 7.92. The molecule has 0 aliphatic carbocycles. The second-order valence-corrected chi connectivity index (χ2v) is 9.33. The normalized spacial score (nSPS) is 10.9. The van der Waals surface area contributed by atoms with Gasteiger partial charge in [0.25, 0.3) is 15.9 Å². The maximum Gasteiger partial charge on any atom is 0.340 e. The Bertz CT molecular complexity index is 1370. The summed E-state index contributed by atoms with van der Waals surface area (Å²) >= 11 is 0. The number of nitrogens with one attached hydrogen (secondary N) is 2. The summed E-state index contributed by atoms with van der Waals surface area (Å²) < 4.78 is 43.3. The number of rotatable bonds is 8. The molecule has 1 amide bonds. The Morgan fingerprint density at radius 2 is 1.43 bits per heavy atom. The molecule has 0 heterocycles. The Morgan fingerprint density at radius 1 is 0.800 bits per heavy atom. The van der Waals surface area contributed by atoms with Crippen molar-refractivity contribution < 1.29 is 32.2 Å². The third-order valence-electron chi connectivity index (χ3n) is 5.24. The lowest BCUT2D eigenvalue weighted by atomic mass is 10.1. The zero-order valence-electron chi connectivity index (χ0n) is 20.0. The van der Waals surface area contributed by atoms with E-state index in [1.54, 1.807) is 25.1 Å². The van der Waals surface area contributed by atoms with E-state index >= 15 is 0 Å². The maximum atomic E-state index is 13.0. The van der Waals surface area contributed by atoms with Gasteiger partial charge in [0.2, 0.25) is 0 Å². The minimum absolute atomic E-state index is 0.0812. The Kier molecular flexibility index (Phi) is 7.65. The van der Waals surface area contributed by atoms with Gasteiger partial charge in [-0.05, 0) is 49.7 Å². The molecule has 0 aromatic heterocycles. The first-order valence-electron chi connectivity index (χ1n) is 10.5. The fourth-order valence-corrected chi connectivity index (χ4v) is 4.43. The van der Waals surface area contributed by atoms with Crippen LogP contribution in [-0.2, 0) is 14.8 Å². The van der Waals surface area contributed by atoms with E-state index in [-0.39, 0.29) is 21.7 Å². The van der Waals surface area contributed by atoms with E-state index < -0.39 is 21.9 Å². The van der Waals surface area contributed by atoms with Gasteiger partial charge < -0.3 is 19.5 Å². The second-order valence-electron chi connectivity index (χ2n) is 7.65. The molecule has 10 heteroatoms. The summed E-state index contributed by atoms with van der Waals surface area (Å²) in [6.45, 7) is 3.55. The minimum Gasteiger partial charge on any atom is -0.493 e. The molecule has 0 saturated heterocycles. The van der Waals surface area contributed by atoms with E-state index in [1.807, 2.05) is 6.92 Å². The zero-order valence-corrected chi connectivity index (χ0v) is 20.8. The average Bonchev–Trinajstić information content (AvgIpc) is 2.84. The first-order chi connectivity index (χ1) is 16.6. The summed E-state index contributed by atoms with van der Waals surface area (Å²) in [6, 6.07) is 13.9. The fraction of sp³-hybridized carbons (Fsp3) is 0.200. The molecule has 0 radical (unpaired) electrons. The van der Waals surface area contributed by atoms with E-state index in [0.717, 1.165) is 5.56 Å². The van der Waals surface area contributed by atoms with Crippen LogP contribution in [0.3, 0.4) is 0 Å². The summed E-state index contributed by atoms with van der Waals surface area (Å²) in [4.78, 5) is 25.3. The quantitative estimate of drug-likeness (QED) is 0.448. The van der Waals surface area contributed by atoms with E-state index in [1.165, 1.54) is 57.7 Å².